The molecule has 7 nitrogen and oxygen atoms in total. The van der Waals surface area contributed by atoms with Crippen molar-refractivity contribution in [2.24, 2.45) is 5.41 Å². The van der Waals surface area contributed by atoms with Crippen molar-refractivity contribution in [2.45, 2.75) is 33.9 Å². The molecule has 0 aliphatic heterocycles. The summed E-state index contributed by atoms with van der Waals surface area (Å²) in [4.78, 5) is 6.61. The molecule has 0 N–H and O–H groups in total. The highest BCUT2D eigenvalue weighted by molar-refractivity contribution is 5.45. The fraction of sp³-hybridized carbons (Fsp3) is 0.444. The average Bonchev–Trinajstić information content (AvgIpc) is 3.15. The van der Waals surface area contributed by atoms with E-state index in [4.69, 9.17) is 4.52 Å². The van der Waals surface area contributed by atoms with Crippen LogP contribution in [0.15, 0.2) is 41.1 Å². The van der Waals surface area contributed by atoms with Crippen LogP contribution in [0, 0.1) is 5.41 Å². The van der Waals surface area contributed by atoms with Crippen molar-refractivity contribution in [1.82, 2.24) is 30.0 Å². The number of hydrogen-bond acceptors (Lipinski definition) is 6. The fourth-order valence-electron chi connectivity index (χ4n) is 2.77. The smallest absolute Gasteiger partial charge is 0.241 e. The van der Waals surface area contributed by atoms with Gasteiger partial charge in [0.25, 0.3) is 0 Å². The zero-order valence-electron chi connectivity index (χ0n) is 15.2. The van der Waals surface area contributed by atoms with Crippen LogP contribution in [0.3, 0.4) is 0 Å². The Kier molecular flexibility index (Phi) is 4.94. The summed E-state index contributed by atoms with van der Waals surface area (Å²) in [6.07, 6.45) is 1.83. The van der Waals surface area contributed by atoms with Gasteiger partial charge in [-0.25, -0.2) is 4.68 Å². The topological polar surface area (TPSA) is 72.9 Å². The maximum absolute atomic E-state index is 5.35. The van der Waals surface area contributed by atoms with Gasteiger partial charge in [0, 0.05) is 6.54 Å². The van der Waals surface area contributed by atoms with Gasteiger partial charge in [0.2, 0.25) is 11.7 Å². The third-order valence-corrected chi connectivity index (χ3v) is 3.57. The molecule has 132 valence electrons. The summed E-state index contributed by atoms with van der Waals surface area (Å²) in [6.45, 7) is 8.82. The SMILES string of the molecule is CN(Cc1nc(-c2cn(Cc3ccccc3)nn2)no1)CC(C)(C)C. The second-order valence-electron chi connectivity index (χ2n) is 7.53. The van der Waals surface area contributed by atoms with Crippen LogP contribution in [0.2, 0.25) is 0 Å². The maximum Gasteiger partial charge on any atom is 0.241 e. The van der Waals surface area contributed by atoms with Crippen LogP contribution in [0.5, 0.6) is 0 Å². The van der Waals surface area contributed by atoms with E-state index in [1.807, 2.05) is 31.4 Å². The maximum atomic E-state index is 5.35. The van der Waals surface area contributed by atoms with Crippen molar-refractivity contribution >= 4 is 0 Å². The lowest BCUT2D eigenvalue weighted by atomic mass is 9.96. The van der Waals surface area contributed by atoms with Crippen molar-refractivity contribution in [2.75, 3.05) is 13.6 Å². The molecule has 0 atom stereocenters. The number of rotatable bonds is 6. The highest BCUT2D eigenvalue weighted by Gasteiger charge is 2.17. The third-order valence-electron chi connectivity index (χ3n) is 3.57. The quantitative estimate of drug-likeness (QED) is 0.687. The molecule has 1 aromatic carbocycles. The first-order valence-corrected chi connectivity index (χ1v) is 8.35. The van der Waals surface area contributed by atoms with Gasteiger partial charge in [-0.05, 0) is 18.0 Å². The zero-order chi connectivity index (χ0) is 17.9. The predicted molar refractivity (Wildman–Crippen MR) is 94.6 cm³/mol. The van der Waals surface area contributed by atoms with Crippen LogP contribution in [-0.4, -0.2) is 43.6 Å². The molecule has 2 heterocycles. The van der Waals surface area contributed by atoms with E-state index in [1.54, 1.807) is 4.68 Å². The molecule has 0 saturated heterocycles. The highest BCUT2D eigenvalue weighted by atomic mass is 16.5. The van der Waals surface area contributed by atoms with E-state index in [0.717, 1.165) is 12.1 Å². The summed E-state index contributed by atoms with van der Waals surface area (Å²) in [5, 5.41) is 12.3. The minimum Gasteiger partial charge on any atom is -0.337 e. The van der Waals surface area contributed by atoms with E-state index in [-0.39, 0.29) is 5.41 Å². The first-order chi connectivity index (χ1) is 11.9. The number of benzene rings is 1. The van der Waals surface area contributed by atoms with Crippen LogP contribution in [0.1, 0.15) is 32.2 Å². The van der Waals surface area contributed by atoms with Crippen LogP contribution < -0.4 is 0 Å². The van der Waals surface area contributed by atoms with E-state index in [9.17, 15) is 0 Å². The molecule has 0 unspecified atom stereocenters. The molecule has 0 aliphatic carbocycles. The van der Waals surface area contributed by atoms with E-state index >= 15 is 0 Å². The second kappa shape index (κ2) is 7.14. The predicted octanol–water partition coefficient (Wildman–Crippen LogP) is 2.85. The Morgan fingerprint density at radius 3 is 2.64 bits per heavy atom. The first kappa shape index (κ1) is 17.3. The Morgan fingerprint density at radius 1 is 1.16 bits per heavy atom. The molecule has 0 spiro atoms. The van der Waals surface area contributed by atoms with Gasteiger partial charge in [0.05, 0.1) is 19.3 Å². The van der Waals surface area contributed by atoms with Crippen LogP contribution in [0.4, 0.5) is 0 Å². The van der Waals surface area contributed by atoms with Crippen molar-refractivity contribution < 1.29 is 4.52 Å². The molecule has 0 amide bonds. The van der Waals surface area contributed by atoms with E-state index in [2.05, 4.69) is 58.3 Å². The molecular weight excluding hydrogens is 316 g/mol. The lowest BCUT2D eigenvalue weighted by molar-refractivity contribution is 0.198. The highest BCUT2D eigenvalue weighted by Crippen LogP contribution is 2.17. The molecule has 2 aromatic heterocycles. The van der Waals surface area contributed by atoms with Crippen LogP contribution in [-0.2, 0) is 13.1 Å². The molecule has 7 heteroatoms. The number of hydrogen-bond donors (Lipinski definition) is 0. The molecule has 0 aliphatic rings. The summed E-state index contributed by atoms with van der Waals surface area (Å²) < 4.78 is 7.12. The molecule has 0 saturated carbocycles. The Hall–Kier alpha value is -2.54. The van der Waals surface area contributed by atoms with Gasteiger partial charge < -0.3 is 4.52 Å². The van der Waals surface area contributed by atoms with Crippen molar-refractivity contribution in [1.29, 1.82) is 0 Å². The van der Waals surface area contributed by atoms with Gasteiger partial charge in [-0.1, -0.05) is 61.5 Å². The largest absolute Gasteiger partial charge is 0.337 e. The summed E-state index contributed by atoms with van der Waals surface area (Å²) in [5.41, 5.74) is 2.00. The lowest BCUT2D eigenvalue weighted by Gasteiger charge is -2.25. The first-order valence-electron chi connectivity index (χ1n) is 8.35. The summed E-state index contributed by atoms with van der Waals surface area (Å²) in [5.74, 6) is 1.05. The van der Waals surface area contributed by atoms with E-state index in [0.29, 0.717) is 30.5 Å². The van der Waals surface area contributed by atoms with E-state index < -0.39 is 0 Å². The standard InChI is InChI=1S/C18H24N6O/c1-18(2,3)13-23(4)12-16-19-17(21-25-16)15-11-24(22-20-15)10-14-8-6-5-7-9-14/h5-9,11H,10,12-13H2,1-4H3. The molecule has 25 heavy (non-hydrogen) atoms. The Balaban J connectivity index is 1.64. The molecule has 3 aromatic rings. The monoisotopic (exact) mass is 340 g/mol. The second-order valence-corrected chi connectivity index (χ2v) is 7.53. The number of nitrogens with zero attached hydrogens (tertiary/aromatic N) is 6. The zero-order valence-corrected chi connectivity index (χ0v) is 15.2. The van der Waals surface area contributed by atoms with Gasteiger partial charge in [-0.2, -0.15) is 4.98 Å². The molecular formula is C18H24N6O. The average molecular weight is 340 g/mol. The van der Waals surface area contributed by atoms with Crippen molar-refractivity contribution in [3.8, 4) is 11.5 Å². The van der Waals surface area contributed by atoms with Gasteiger partial charge in [0.1, 0.15) is 0 Å². The van der Waals surface area contributed by atoms with Gasteiger partial charge in [-0.15, -0.1) is 5.10 Å². The molecule has 3 rings (SSSR count). The Bertz CT molecular complexity index is 802. The molecule has 0 bridgehead atoms. The molecule has 0 fully saturated rings. The summed E-state index contributed by atoms with van der Waals surface area (Å²) in [6, 6.07) is 10.1. The van der Waals surface area contributed by atoms with Gasteiger partial charge in [-0.3, -0.25) is 4.90 Å². The van der Waals surface area contributed by atoms with E-state index in [1.165, 1.54) is 0 Å². The Morgan fingerprint density at radius 2 is 1.92 bits per heavy atom. The summed E-state index contributed by atoms with van der Waals surface area (Å²) in [7, 11) is 2.05. The number of aromatic nitrogens is 5. The van der Waals surface area contributed by atoms with Crippen LogP contribution in [0.25, 0.3) is 11.5 Å². The normalized spacial score (nSPS) is 12.0. The Labute approximate surface area is 147 Å². The molecule has 0 radical (unpaired) electrons. The van der Waals surface area contributed by atoms with Gasteiger partial charge in [0.15, 0.2) is 5.69 Å². The van der Waals surface area contributed by atoms with Crippen LogP contribution >= 0.6 is 0 Å². The fourth-order valence-corrected chi connectivity index (χ4v) is 2.77. The van der Waals surface area contributed by atoms with Crippen molar-refractivity contribution in [3.63, 3.8) is 0 Å². The van der Waals surface area contributed by atoms with Gasteiger partial charge >= 0.3 is 0 Å². The summed E-state index contributed by atoms with van der Waals surface area (Å²) >= 11 is 0. The third kappa shape index (κ3) is 4.96. The minimum absolute atomic E-state index is 0.220. The lowest BCUT2D eigenvalue weighted by Crippen LogP contribution is -2.28. The minimum atomic E-state index is 0.220. The van der Waals surface area contributed by atoms with Crippen molar-refractivity contribution in [3.05, 3.63) is 48.0 Å².